The zero-order chi connectivity index (χ0) is 8.69. The van der Waals surface area contributed by atoms with E-state index in [0.717, 1.165) is 18.8 Å². The van der Waals surface area contributed by atoms with E-state index >= 15 is 0 Å². The van der Waals surface area contributed by atoms with E-state index in [1.807, 2.05) is 0 Å². The lowest BCUT2D eigenvalue weighted by Gasteiger charge is -2.07. The summed E-state index contributed by atoms with van der Waals surface area (Å²) in [6.45, 7) is 4.38. The average Bonchev–Trinajstić information content (AvgIpc) is 1.87. The van der Waals surface area contributed by atoms with E-state index in [2.05, 4.69) is 13.8 Å². The third-order valence-corrected chi connectivity index (χ3v) is 1.88. The lowest BCUT2D eigenvalue weighted by Crippen LogP contribution is -2.00. The minimum Gasteiger partial charge on any atom is -0.273 e. The second-order valence-corrected chi connectivity index (χ2v) is 3.21. The van der Waals surface area contributed by atoms with Crippen LogP contribution in [0.3, 0.4) is 0 Å². The maximum Gasteiger partial charge on any atom is 0.238 e. The molecule has 1 unspecified atom stereocenters. The van der Waals surface area contributed by atoms with Crippen LogP contribution in [0.2, 0.25) is 0 Å². The normalized spacial score (nSPS) is 12.9. The molecule has 1 amide bonds. The molecule has 65 valence electrons. The molecule has 0 aromatic carbocycles. The molecule has 1 radical (unpaired) electrons. The van der Waals surface area contributed by atoms with Gasteiger partial charge in [-0.2, -0.15) is 0 Å². The molecule has 2 heteroatoms. The van der Waals surface area contributed by atoms with Gasteiger partial charge in [0.05, 0.1) is 0 Å². The van der Waals surface area contributed by atoms with Gasteiger partial charge in [0.15, 0.2) is 0 Å². The summed E-state index contributed by atoms with van der Waals surface area (Å²) in [5, 5.41) is 0. The number of amides is 1. The van der Waals surface area contributed by atoms with Crippen LogP contribution < -0.4 is 5.73 Å². The summed E-state index contributed by atoms with van der Waals surface area (Å²) in [7, 11) is 0. The Balaban J connectivity index is 3.16. The van der Waals surface area contributed by atoms with Gasteiger partial charge in [-0.1, -0.05) is 33.1 Å². The molecule has 0 saturated heterocycles. The van der Waals surface area contributed by atoms with Crippen LogP contribution in [0, 0.1) is 5.92 Å². The summed E-state index contributed by atoms with van der Waals surface area (Å²) >= 11 is 0. The van der Waals surface area contributed by atoms with Gasteiger partial charge in [0, 0.05) is 6.42 Å². The molecule has 0 rings (SSSR count). The summed E-state index contributed by atoms with van der Waals surface area (Å²) in [4.78, 5) is 10.2. The lowest BCUT2D eigenvalue weighted by molar-refractivity contribution is -0.118. The number of carbonyl (C=O) groups excluding carboxylic acids is 1. The van der Waals surface area contributed by atoms with Crippen LogP contribution in [0.1, 0.15) is 46.0 Å². The topological polar surface area (TPSA) is 40.9 Å². The van der Waals surface area contributed by atoms with Crippen molar-refractivity contribution in [1.82, 2.24) is 5.73 Å². The van der Waals surface area contributed by atoms with Crippen molar-refractivity contribution in [1.29, 1.82) is 0 Å². The summed E-state index contributed by atoms with van der Waals surface area (Å²) in [6.07, 6.45) is 4.89. The number of nitrogens with one attached hydrogen (secondary N) is 1. The highest BCUT2D eigenvalue weighted by Gasteiger charge is 2.01. The molecular formula is C9H18NO. The van der Waals surface area contributed by atoms with Gasteiger partial charge in [0.1, 0.15) is 0 Å². The van der Waals surface area contributed by atoms with Crippen LogP contribution in [0.15, 0.2) is 0 Å². The molecule has 0 bridgehead atoms. The quantitative estimate of drug-likeness (QED) is 0.582. The van der Waals surface area contributed by atoms with Gasteiger partial charge in [0.2, 0.25) is 5.91 Å². The fourth-order valence-electron chi connectivity index (χ4n) is 1.25. The van der Waals surface area contributed by atoms with Gasteiger partial charge in [-0.3, -0.25) is 10.5 Å². The summed E-state index contributed by atoms with van der Waals surface area (Å²) in [5.41, 5.74) is 6.68. The Hall–Kier alpha value is -0.530. The lowest BCUT2D eigenvalue weighted by atomic mass is 9.99. The van der Waals surface area contributed by atoms with Gasteiger partial charge in [-0.25, -0.2) is 0 Å². The Bertz CT molecular complexity index is 112. The predicted octanol–water partition coefficient (Wildman–Crippen LogP) is 2.40. The fourth-order valence-corrected chi connectivity index (χ4v) is 1.25. The maximum absolute atomic E-state index is 10.2. The van der Waals surface area contributed by atoms with E-state index in [1.165, 1.54) is 12.8 Å². The molecule has 0 spiro atoms. The molecular weight excluding hydrogens is 138 g/mol. The summed E-state index contributed by atoms with van der Waals surface area (Å²) in [6, 6.07) is 0. The Morgan fingerprint density at radius 2 is 2.09 bits per heavy atom. The SMILES string of the molecule is CCCC(C)CCCC([NH])=O. The van der Waals surface area contributed by atoms with E-state index in [9.17, 15) is 4.79 Å². The Labute approximate surface area is 69.2 Å². The molecule has 0 saturated carbocycles. The minimum atomic E-state index is -0.423. The Kier molecular flexibility index (Phi) is 5.90. The molecule has 11 heavy (non-hydrogen) atoms. The second kappa shape index (κ2) is 6.20. The Morgan fingerprint density at radius 3 is 2.55 bits per heavy atom. The first-order valence-corrected chi connectivity index (χ1v) is 4.41. The molecule has 0 aromatic heterocycles. The van der Waals surface area contributed by atoms with Gasteiger partial charge in [0.25, 0.3) is 0 Å². The van der Waals surface area contributed by atoms with E-state index in [1.54, 1.807) is 0 Å². The van der Waals surface area contributed by atoms with Crippen molar-refractivity contribution >= 4 is 5.91 Å². The maximum atomic E-state index is 10.2. The first kappa shape index (κ1) is 10.5. The summed E-state index contributed by atoms with van der Waals surface area (Å²) in [5.74, 6) is 0.299. The highest BCUT2D eigenvalue weighted by Crippen LogP contribution is 2.12. The van der Waals surface area contributed by atoms with Crippen LogP contribution in [0.25, 0.3) is 0 Å². The highest BCUT2D eigenvalue weighted by molar-refractivity contribution is 5.72. The van der Waals surface area contributed by atoms with Crippen molar-refractivity contribution in [2.45, 2.75) is 46.0 Å². The standard InChI is InChI=1S/C9H18NO/c1-3-5-8(2)6-4-7-9(10)11/h8,10H,3-7H2,1-2H3. The third kappa shape index (κ3) is 7.37. The second-order valence-electron chi connectivity index (χ2n) is 3.21. The van der Waals surface area contributed by atoms with E-state index < -0.39 is 5.91 Å². The van der Waals surface area contributed by atoms with Crippen LogP contribution in [0.4, 0.5) is 0 Å². The van der Waals surface area contributed by atoms with Crippen molar-refractivity contribution < 1.29 is 4.79 Å². The molecule has 1 atom stereocenters. The largest absolute Gasteiger partial charge is 0.273 e. The molecule has 1 N–H and O–H groups in total. The fraction of sp³-hybridized carbons (Fsp3) is 0.889. The number of rotatable bonds is 6. The molecule has 0 aliphatic heterocycles. The van der Waals surface area contributed by atoms with E-state index in [-0.39, 0.29) is 0 Å². The molecule has 0 aromatic rings. The monoisotopic (exact) mass is 156 g/mol. The van der Waals surface area contributed by atoms with Crippen LogP contribution in [0.5, 0.6) is 0 Å². The predicted molar refractivity (Wildman–Crippen MR) is 46.0 cm³/mol. The minimum absolute atomic E-state index is 0.423. The van der Waals surface area contributed by atoms with Crippen LogP contribution in [-0.4, -0.2) is 5.91 Å². The highest BCUT2D eigenvalue weighted by atomic mass is 16.1. The average molecular weight is 156 g/mol. The first-order chi connectivity index (χ1) is 5.16. The van der Waals surface area contributed by atoms with Gasteiger partial charge >= 0.3 is 0 Å². The van der Waals surface area contributed by atoms with Crippen LogP contribution >= 0.6 is 0 Å². The van der Waals surface area contributed by atoms with E-state index in [0.29, 0.717) is 6.42 Å². The van der Waals surface area contributed by atoms with Crippen molar-refractivity contribution in [2.24, 2.45) is 5.92 Å². The van der Waals surface area contributed by atoms with Crippen molar-refractivity contribution in [2.75, 3.05) is 0 Å². The molecule has 0 aliphatic carbocycles. The van der Waals surface area contributed by atoms with Gasteiger partial charge in [-0.15, -0.1) is 0 Å². The zero-order valence-electron chi connectivity index (χ0n) is 7.52. The Morgan fingerprint density at radius 1 is 1.45 bits per heavy atom. The van der Waals surface area contributed by atoms with Gasteiger partial charge in [-0.05, 0) is 12.3 Å². The number of carbonyl (C=O) groups is 1. The number of hydrogen-bond donors (Lipinski definition) is 0. The zero-order valence-corrected chi connectivity index (χ0v) is 7.52. The third-order valence-electron chi connectivity index (χ3n) is 1.88. The molecule has 0 fully saturated rings. The van der Waals surface area contributed by atoms with Gasteiger partial charge < -0.3 is 0 Å². The van der Waals surface area contributed by atoms with Crippen molar-refractivity contribution in [3.05, 3.63) is 0 Å². The molecule has 0 aliphatic rings. The molecule has 0 heterocycles. The molecule has 2 nitrogen and oxygen atoms in total. The van der Waals surface area contributed by atoms with Crippen molar-refractivity contribution in [3.8, 4) is 0 Å². The number of hydrogen-bond acceptors (Lipinski definition) is 1. The smallest absolute Gasteiger partial charge is 0.238 e. The van der Waals surface area contributed by atoms with E-state index in [4.69, 9.17) is 5.73 Å². The van der Waals surface area contributed by atoms with Crippen LogP contribution in [-0.2, 0) is 4.79 Å². The van der Waals surface area contributed by atoms with Crippen molar-refractivity contribution in [3.63, 3.8) is 0 Å². The summed E-state index contributed by atoms with van der Waals surface area (Å²) < 4.78 is 0. The first-order valence-electron chi connectivity index (χ1n) is 4.41.